The number of carbonyl (C=O) groups excluding carboxylic acids is 2. The van der Waals surface area contributed by atoms with Crippen molar-refractivity contribution in [2.75, 3.05) is 44.7 Å². The highest BCUT2D eigenvalue weighted by atomic mass is 32.1. The fourth-order valence-corrected chi connectivity index (χ4v) is 3.40. The summed E-state index contributed by atoms with van der Waals surface area (Å²) in [5.74, 6) is -2.73. The van der Waals surface area contributed by atoms with E-state index in [-0.39, 0.29) is 22.3 Å². The molecule has 2 amide bonds. The number of amides is 2. The number of ether oxygens (including phenoxy) is 1. The van der Waals surface area contributed by atoms with Crippen LogP contribution in [-0.2, 0) is 4.74 Å². The van der Waals surface area contributed by atoms with E-state index in [1.54, 1.807) is 0 Å². The molecule has 0 atom stereocenters. The molecule has 10 heteroatoms. The molecule has 1 aromatic heterocycles. The van der Waals surface area contributed by atoms with Crippen molar-refractivity contribution in [2.24, 2.45) is 0 Å². The molecule has 1 aliphatic heterocycles. The van der Waals surface area contributed by atoms with Crippen LogP contribution in [0.1, 0.15) is 27.3 Å². The Morgan fingerprint density at radius 2 is 1.86 bits per heavy atom. The summed E-state index contributed by atoms with van der Waals surface area (Å²) in [6, 6.07) is 2.53. The van der Waals surface area contributed by atoms with Crippen molar-refractivity contribution >= 4 is 28.3 Å². The zero-order valence-corrected chi connectivity index (χ0v) is 15.9. The minimum atomic E-state index is -0.846. The molecule has 3 rings (SSSR count). The smallest absolute Gasteiger partial charge is 0.270 e. The van der Waals surface area contributed by atoms with E-state index in [1.807, 2.05) is 0 Å². The first-order valence-corrected chi connectivity index (χ1v) is 9.70. The third-order valence-corrected chi connectivity index (χ3v) is 4.88. The van der Waals surface area contributed by atoms with E-state index in [2.05, 4.69) is 20.5 Å². The maximum absolute atomic E-state index is 13.2. The van der Waals surface area contributed by atoms with Crippen molar-refractivity contribution in [1.29, 1.82) is 0 Å². The maximum atomic E-state index is 13.2. The van der Waals surface area contributed by atoms with E-state index >= 15 is 0 Å². The molecule has 0 aliphatic carbocycles. The fourth-order valence-electron chi connectivity index (χ4n) is 2.71. The second-order valence-electron chi connectivity index (χ2n) is 6.21. The molecule has 0 radical (unpaired) electrons. The number of benzene rings is 1. The molecule has 0 saturated carbocycles. The topological polar surface area (TPSA) is 83.6 Å². The van der Waals surface area contributed by atoms with E-state index in [9.17, 15) is 18.4 Å². The molecule has 1 aromatic carbocycles. The molecule has 0 spiro atoms. The Labute approximate surface area is 164 Å². The number of aromatic nitrogens is 1. The van der Waals surface area contributed by atoms with Gasteiger partial charge < -0.3 is 10.1 Å². The van der Waals surface area contributed by atoms with Gasteiger partial charge in [0, 0.05) is 36.6 Å². The van der Waals surface area contributed by atoms with Gasteiger partial charge in [0.25, 0.3) is 11.8 Å². The highest BCUT2D eigenvalue weighted by Crippen LogP contribution is 2.17. The molecule has 150 valence electrons. The Bertz CT molecular complexity index is 820. The molecule has 2 aromatic rings. The molecule has 28 heavy (non-hydrogen) atoms. The summed E-state index contributed by atoms with van der Waals surface area (Å²) in [5, 5.41) is 6.91. The van der Waals surface area contributed by atoms with Crippen LogP contribution in [0.2, 0.25) is 0 Å². The van der Waals surface area contributed by atoms with Crippen LogP contribution in [0.3, 0.4) is 0 Å². The van der Waals surface area contributed by atoms with Gasteiger partial charge in [-0.2, -0.15) is 0 Å². The summed E-state index contributed by atoms with van der Waals surface area (Å²) >= 11 is 1.06. The van der Waals surface area contributed by atoms with Crippen molar-refractivity contribution in [3.8, 4) is 0 Å². The van der Waals surface area contributed by atoms with Gasteiger partial charge in [-0.15, -0.1) is 11.3 Å². The van der Waals surface area contributed by atoms with Crippen LogP contribution in [0, 0.1) is 11.6 Å². The average Bonchev–Trinajstić information content (AvgIpc) is 3.14. The first kappa shape index (κ1) is 20.3. The molecule has 0 bridgehead atoms. The summed E-state index contributed by atoms with van der Waals surface area (Å²) < 4.78 is 31.7. The third-order valence-electron chi connectivity index (χ3n) is 4.12. The second-order valence-corrected chi connectivity index (χ2v) is 7.07. The first-order chi connectivity index (χ1) is 13.5. The van der Waals surface area contributed by atoms with Gasteiger partial charge in [-0.05, 0) is 25.1 Å². The number of nitrogens with one attached hydrogen (secondary N) is 2. The summed E-state index contributed by atoms with van der Waals surface area (Å²) in [7, 11) is 0. The lowest BCUT2D eigenvalue weighted by atomic mass is 10.2. The molecule has 0 unspecified atom stereocenters. The Morgan fingerprint density at radius 3 is 2.57 bits per heavy atom. The molecular formula is C18H20F2N4O3S. The Hall–Kier alpha value is -2.43. The molecule has 1 saturated heterocycles. The largest absolute Gasteiger partial charge is 0.379 e. The van der Waals surface area contributed by atoms with E-state index < -0.39 is 17.5 Å². The molecule has 2 heterocycles. The fraction of sp³-hybridized carbons (Fsp3) is 0.389. The summed E-state index contributed by atoms with van der Waals surface area (Å²) in [6.45, 7) is 4.67. The molecule has 1 aliphatic rings. The van der Waals surface area contributed by atoms with Gasteiger partial charge in [-0.1, -0.05) is 0 Å². The number of hydrogen-bond acceptors (Lipinski definition) is 6. The van der Waals surface area contributed by atoms with E-state index in [0.29, 0.717) is 12.6 Å². The third kappa shape index (κ3) is 5.78. The number of carbonyl (C=O) groups is 2. The van der Waals surface area contributed by atoms with E-state index in [0.717, 1.165) is 62.7 Å². The molecule has 1 fully saturated rings. The number of halogens is 2. The van der Waals surface area contributed by atoms with Crippen LogP contribution in [-0.4, -0.2) is 61.1 Å². The van der Waals surface area contributed by atoms with Crippen LogP contribution in [0.25, 0.3) is 0 Å². The molecule has 2 N–H and O–H groups in total. The van der Waals surface area contributed by atoms with Crippen molar-refractivity contribution in [3.63, 3.8) is 0 Å². The van der Waals surface area contributed by atoms with Crippen LogP contribution >= 0.6 is 11.3 Å². The lowest BCUT2D eigenvalue weighted by Crippen LogP contribution is -2.38. The van der Waals surface area contributed by atoms with Gasteiger partial charge >= 0.3 is 0 Å². The SMILES string of the molecule is O=C(Nc1nc(C(=O)NCCCN2CCOCC2)cs1)c1cc(F)cc(F)c1. The number of anilines is 1. The van der Waals surface area contributed by atoms with Gasteiger partial charge in [-0.3, -0.25) is 19.8 Å². The minimum absolute atomic E-state index is 0.165. The molecule has 7 nitrogen and oxygen atoms in total. The average molecular weight is 410 g/mol. The number of hydrogen-bond donors (Lipinski definition) is 2. The highest BCUT2D eigenvalue weighted by Gasteiger charge is 2.15. The van der Waals surface area contributed by atoms with Gasteiger partial charge in [0.2, 0.25) is 0 Å². The Balaban J connectivity index is 1.46. The monoisotopic (exact) mass is 410 g/mol. The lowest BCUT2D eigenvalue weighted by Gasteiger charge is -2.26. The quantitative estimate of drug-likeness (QED) is 0.684. The van der Waals surface area contributed by atoms with Gasteiger partial charge in [0.1, 0.15) is 17.3 Å². The van der Waals surface area contributed by atoms with Crippen molar-refractivity contribution in [3.05, 3.63) is 46.5 Å². The van der Waals surface area contributed by atoms with Crippen molar-refractivity contribution in [1.82, 2.24) is 15.2 Å². The van der Waals surface area contributed by atoms with Crippen LogP contribution < -0.4 is 10.6 Å². The zero-order chi connectivity index (χ0) is 19.9. The van der Waals surface area contributed by atoms with E-state index in [1.165, 1.54) is 5.38 Å². The van der Waals surface area contributed by atoms with Crippen LogP contribution in [0.5, 0.6) is 0 Å². The first-order valence-electron chi connectivity index (χ1n) is 8.82. The summed E-state index contributed by atoms with van der Waals surface area (Å²) in [4.78, 5) is 30.5. The standard InChI is InChI=1S/C18H20F2N4O3S/c19-13-8-12(9-14(20)10-13)16(25)23-18-22-15(11-28-18)17(26)21-2-1-3-24-4-6-27-7-5-24/h8-11H,1-7H2,(H,21,26)(H,22,23,25). The van der Waals surface area contributed by atoms with Crippen LogP contribution in [0.4, 0.5) is 13.9 Å². The summed E-state index contributed by atoms with van der Waals surface area (Å²) in [6.07, 6.45) is 0.810. The second kappa shape index (κ2) is 9.67. The summed E-state index contributed by atoms with van der Waals surface area (Å²) in [5.41, 5.74) is 0.0129. The van der Waals surface area contributed by atoms with Crippen LogP contribution in [0.15, 0.2) is 23.6 Å². The van der Waals surface area contributed by atoms with Crippen molar-refractivity contribution in [2.45, 2.75) is 6.42 Å². The lowest BCUT2D eigenvalue weighted by molar-refractivity contribution is 0.0374. The minimum Gasteiger partial charge on any atom is -0.379 e. The highest BCUT2D eigenvalue weighted by molar-refractivity contribution is 7.14. The Morgan fingerprint density at radius 1 is 1.14 bits per heavy atom. The van der Waals surface area contributed by atoms with E-state index in [4.69, 9.17) is 4.74 Å². The zero-order valence-electron chi connectivity index (χ0n) is 15.0. The number of thiazole rings is 1. The van der Waals surface area contributed by atoms with Gasteiger partial charge in [0.15, 0.2) is 5.13 Å². The maximum Gasteiger partial charge on any atom is 0.270 e. The van der Waals surface area contributed by atoms with Gasteiger partial charge in [0.05, 0.1) is 13.2 Å². The van der Waals surface area contributed by atoms with Crippen molar-refractivity contribution < 1.29 is 23.1 Å². The number of nitrogens with zero attached hydrogens (tertiary/aromatic N) is 2. The predicted octanol–water partition coefficient (Wildman–Crippen LogP) is 2.13. The normalized spacial score (nSPS) is 14.6. The van der Waals surface area contributed by atoms with Gasteiger partial charge in [-0.25, -0.2) is 13.8 Å². The molecular weight excluding hydrogens is 390 g/mol. The number of morpholine rings is 1. The predicted molar refractivity (Wildman–Crippen MR) is 101 cm³/mol. The Kier molecular flexibility index (Phi) is 7.01. The number of rotatable bonds is 7.